The van der Waals surface area contributed by atoms with Crippen molar-refractivity contribution in [2.45, 2.75) is 19.4 Å². The van der Waals surface area contributed by atoms with E-state index in [0.717, 1.165) is 39.3 Å². The minimum atomic E-state index is 0.393. The van der Waals surface area contributed by atoms with Crippen LogP contribution in [0.1, 0.15) is 13.3 Å². The molecule has 1 rings (SSSR count). The average molecular weight is 229 g/mol. The Kier molecular flexibility index (Phi) is 6.96. The Labute approximate surface area is 99.9 Å². The van der Waals surface area contributed by atoms with Crippen molar-refractivity contribution in [3.63, 3.8) is 0 Å². The van der Waals surface area contributed by atoms with Crippen LogP contribution < -0.4 is 5.32 Å². The number of hydrogen-bond donors (Lipinski definition) is 1. The Hall–Kier alpha value is -0.160. The van der Waals surface area contributed by atoms with Crippen LogP contribution in [0.15, 0.2) is 0 Å². The van der Waals surface area contributed by atoms with E-state index >= 15 is 0 Å². The largest absolute Gasteiger partial charge is 0.377 e. The molecule has 1 aliphatic heterocycles. The number of nitrogens with one attached hydrogen (secondary N) is 1. The molecule has 1 heterocycles. The Bertz CT molecular complexity index is 176. The molecule has 0 bridgehead atoms. The molecule has 4 heteroatoms. The summed E-state index contributed by atoms with van der Waals surface area (Å²) in [5.41, 5.74) is 0. The lowest BCUT2D eigenvalue weighted by Gasteiger charge is -2.22. The maximum atomic E-state index is 5.62. The number of rotatable bonds is 6. The minimum absolute atomic E-state index is 0.393. The Morgan fingerprint density at radius 3 is 2.94 bits per heavy atom. The lowest BCUT2D eigenvalue weighted by molar-refractivity contribution is 0.0679. The number of hydrogen-bond acceptors (Lipinski definition) is 4. The summed E-state index contributed by atoms with van der Waals surface area (Å²) in [7, 11) is 4.21. The lowest BCUT2D eigenvalue weighted by atomic mass is 10.3. The maximum Gasteiger partial charge on any atom is 0.0673 e. The molecule has 0 saturated carbocycles. The first-order valence-corrected chi connectivity index (χ1v) is 6.38. The van der Waals surface area contributed by atoms with Crippen molar-refractivity contribution in [2.24, 2.45) is 0 Å². The summed E-state index contributed by atoms with van der Waals surface area (Å²) in [6.07, 6.45) is 1.56. The predicted molar refractivity (Wildman–Crippen MR) is 67.9 cm³/mol. The summed E-state index contributed by atoms with van der Waals surface area (Å²) < 4.78 is 5.62. The highest BCUT2D eigenvalue weighted by molar-refractivity contribution is 4.67. The molecule has 16 heavy (non-hydrogen) atoms. The van der Waals surface area contributed by atoms with E-state index in [2.05, 4.69) is 36.1 Å². The van der Waals surface area contributed by atoms with Crippen molar-refractivity contribution in [1.82, 2.24) is 15.1 Å². The molecular weight excluding hydrogens is 202 g/mol. The number of likely N-dealkylation sites (N-methyl/N-ethyl adjacent to an activating group) is 1. The van der Waals surface area contributed by atoms with Crippen molar-refractivity contribution in [3.05, 3.63) is 0 Å². The van der Waals surface area contributed by atoms with Gasteiger partial charge in [0.05, 0.1) is 6.10 Å². The molecule has 0 spiro atoms. The van der Waals surface area contributed by atoms with Crippen molar-refractivity contribution in [2.75, 3.05) is 60.0 Å². The molecule has 1 fully saturated rings. The molecule has 0 aliphatic carbocycles. The van der Waals surface area contributed by atoms with Crippen LogP contribution in [0.5, 0.6) is 0 Å². The van der Waals surface area contributed by atoms with Crippen LogP contribution >= 0.6 is 0 Å². The fraction of sp³-hybridized carbons (Fsp3) is 1.00. The van der Waals surface area contributed by atoms with Crippen LogP contribution in [0, 0.1) is 0 Å². The Morgan fingerprint density at radius 1 is 1.38 bits per heavy atom. The molecule has 1 saturated heterocycles. The van der Waals surface area contributed by atoms with Gasteiger partial charge in [0.15, 0.2) is 0 Å². The van der Waals surface area contributed by atoms with Gasteiger partial charge in [0.1, 0.15) is 0 Å². The van der Waals surface area contributed by atoms with E-state index in [4.69, 9.17) is 4.74 Å². The van der Waals surface area contributed by atoms with Crippen molar-refractivity contribution < 1.29 is 4.74 Å². The van der Waals surface area contributed by atoms with Crippen LogP contribution in [-0.2, 0) is 4.74 Å². The first-order valence-electron chi connectivity index (χ1n) is 6.38. The highest BCUT2D eigenvalue weighted by Crippen LogP contribution is 2.04. The molecule has 1 atom stereocenters. The van der Waals surface area contributed by atoms with E-state index in [1.807, 2.05) is 0 Å². The molecule has 4 nitrogen and oxygen atoms in total. The van der Waals surface area contributed by atoms with Gasteiger partial charge in [-0.15, -0.1) is 0 Å². The van der Waals surface area contributed by atoms with E-state index in [-0.39, 0.29) is 0 Å². The smallest absolute Gasteiger partial charge is 0.0673 e. The van der Waals surface area contributed by atoms with Crippen LogP contribution in [0.2, 0.25) is 0 Å². The lowest BCUT2D eigenvalue weighted by Crippen LogP contribution is -2.37. The summed E-state index contributed by atoms with van der Waals surface area (Å²) in [6.45, 7) is 9.76. The molecule has 1 aliphatic rings. The van der Waals surface area contributed by atoms with Gasteiger partial charge in [-0.2, -0.15) is 0 Å². The van der Waals surface area contributed by atoms with Gasteiger partial charge in [-0.25, -0.2) is 0 Å². The van der Waals surface area contributed by atoms with E-state index in [1.54, 1.807) is 0 Å². The Balaban J connectivity index is 2.02. The highest BCUT2D eigenvalue weighted by Gasteiger charge is 2.13. The average Bonchev–Trinajstić information content (AvgIpc) is 2.42. The number of nitrogens with zero attached hydrogens (tertiary/aromatic N) is 2. The van der Waals surface area contributed by atoms with Gasteiger partial charge in [-0.3, -0.25) is 4.90 Å². The zero-order chi connectivity index (χ0) is 11.8. The van der Waals surface area contributed by atoms with Gasteiger partial charge in [0.2, 0.25) is 0 Å². The predicted octanol–water partition coefficient (Wildman–Crippen LogP) is 0.248. The zero-order valence-corrected chi connectivity index (χ0v) is 11.0. The third-order valence-corrected chi connectivity index (χ3v) is 2.88. The molecular formula is C12H27N3O. The summed E-state index contributed by atoms with van der Waals surface area (Å²) in [5.74, 6) is 0. The van der Waals surface area contributed by atoms with E-state index in [0.29, 0.717) is 6.10 Å². The fourth-order valence-corrected chi connectivity index (χ4v) is 1.95. The fourth-order valence-electron chi connectivity index (χ4n) is 1.95. The quantitative estimate of drug-likeness (QED) is 0.661. The molecule has 1 N–H and O–H groups in total. The first kappa shape index (κ1) is 13.9. The summed E-state index contributed by atoms with van der Waals surface area (Å²) in [6, 6.07) is 0. The van der Waals surface area contributed by atoms with E-state index in [1.165, 1.54) is 13.0 Å². The molecule has 0 aromatic heterocycles. The van der Waals surface area contributed by atoms with Gasteiger partial charge in [-0.05, 0) is 27.4 Å². The summed E-state index contributed by atoms with van der Waals surface area (Å²) in [5, 5.41) is 3.48. The van der Waals surface area contributed by atoms with E-state index in [9.17, 15) is 0 Å². The molecule has 96 valence electrons. The highest BCUT2D eigenvalue weighted by atomic mass is 16.5. The number of ether oxygens (including phenoxy) is 1. The molecule has 0 aromatic rings. The van der Waals surface area contributed by atoms with Gasteiger partial charge >= 0.3 is 0 Å². The second-order valence-corrected chi connectivity index (χ2v) is 4.89. The molecule has 1 unspecified atom stereocenters. The van der Waals surface area contributed by atoms with Crippen molar-refractivity contribution in [1.29, 1.82) is 0 Å². The molecule has 0 aromatic carbocycles. The van der Waals surface area contributed by atoms with Crippen LogP contribution in [-0.4, -0.2) is 75.9 Å². The SMILES string of the molecule is CC1CN(CCNCCN(C)C)CCCO1. The Morgan fingerprint density at radius 2 is 2.19 bits per heavy atom. The monoisotopic (exact) mass is 229 g/mol. The zero-order valence-electron chi connectivity index (χ0n) is 11.0. The molecule has 0 amide bonds. The summed E-state index contributed by atoms with van der Waals surface area (Å²) in [4.78, 5) is 4.70. The van der Waals surface area contributed by atoms with Crippen molar-refractivity contribution in [3.8, 4) is 0 Å². The normalized spacial score (nSPS) is 23.6. The standard InChI is InChI=1S/C12H27N3O/c1-12-11-15(7-4-10-16-12)9-6-13-5-8-14(2)3/h12-13H,4-11H2,1-3H3. The van der Waals surface area contributed by atoms with Gasteiger partial charge in [0.25, 0.3) is 0 Å². The third kappa shape index (κ3) is 6.43. The van der Waals surface area contributed by atoms with Crippen LogP contribution in [0.25, 0.3) is 0 Å². The maximum absolute atomic E-state index is 5.62. The van der Waals surface area contributed by atoms with E-state index < -0.39 is 0 Å². The van der Waals surface area contributed by atoms with Gasteiger partial charge in [0, 0.05) is 45.9 Å². The second-order valence-electron chi connectivity index (χ2n) is 4.89. The first-order chi connectivity index (χ1) is 7.68. The summed E-state index contributed by atoms with van der Waals surface area (Å²) >= 11 is 0. The molecule has 0 radical (unpaired) electrons. The van der Waals surface area contributed by atoms with Crippen molar-refractivity contribution >= 4 is 0 Å². The topological polar surface area (TPSA) is 27.7 Å². The van der Waals surface area contributed by atoms with Crippen LogP contribution in [0.3, 0.4) is 0 Å². The third-order valence-electron chi connectivity index (χ3n) is 2.88. The van der Waals surface area contributed by atoms with Gasteiger partial charge < -0.3 is 15.0 Å². The van der Waals surface area contributed by atoms with Crippen LogP contribution in [0.4, 0.5) is 0 Å². The second kappa shape index (κ2) is 8.01. The van der Waals surface area contributed by atoms with Gasteiger partial charge in [-0.1, -0.05) is 0 Å². The minimum Gasteiger partial charge on any atom is -0.377 e.